The molecule has 1 unspecified atom stereocenters. The van der Waals surface area contributed by atoms with Crippen LogP contribution in [0.4, 0.5) is 10.5 Å². The van der Waals surface area contributed by atoms with Crippen molar-refractivity contribution in [1.82, 2.24) is 15.1 Å². The number of hydrogen-bond donors (Lipinski definition) is 3. The van der Waals surface area contributed by atoms with E-state index in [9.17, 15) is 14.4 Å². The average Bonchev–Trinajstić information content (AvgIpc) is 3.50. The Balaban J connectivity index is 1.52. The molecule has 2 aromatic rings. The summed E-state index contributed by atoms with van der Waals surface area (Å²) >= 11 is 0. The molecule has 1 aromatic carbocycles. The fourth-order valence-electron chi connectivity index (χ4n) is 4.60. The molecular weight excluding hydrogens is 478 g/mol. The number of aryl methyl sites for hydroxylation is 1. The van der Waals surface area contributed by atoms with Crippen molar-refractivity contribution in [1.29, 1.82) is 0 Å². The first kappa shape index (κ1) is 26.5. The van der Waals surface area contributed by atoms with Crippen molar-refractivity contribution in [3.63, 3.8) is 0 Å². The van der Waals surface area contributed by atoms with Crippen LogP contribution in [0.2, 0.25) is 0 Å². The predicted molar refractivity (Wildman–Crippen MR) is 138 cm³/mol. The van der Waals surface area contributed by atoms with Crippen LogP contribution in [-0.4, -0.2) is 84.2 Å². The maximum atomic E-state index is 13.4. The van der Waals surface area contributed by atoms with Gasteiger partial charge < -0.3 is 29.4 Å². The van der Waals surface area contributed by atoms with Crippen molar-refractivity contribution >= 4 is 40.5 Å². The van der Waals surface area contributed by atoms with Crippen molar-refractivity contribution in [3.8, 4) is 0 Å². The number of guanidine groups is 1. The summed E-state index contributed by atoms with van der Waals surface area (Å²) in [7, 11) is 0. The first-order valence-corrected chi connectivity index (χ1v) is 12.9. The summed E-state index contributed by atoms with van der Waals surface area (Å²) in [6.45, 7) is 3.82. The van der Waals surface area contributed by atoms with Crippen LogP contribution in [0, 0.1) is 6.92 Å². The van der Waals surface area contributed by atoms with Gasteiger partial charge in [-0.2, -0.15) is 0 Å². The molecule has 0 bridgehead atoms. The monoisotopic (exact) mass is 513 g/mol. The van der Waals surface area contributed by atoms with E-state index >= 15 is 0 Å². The number of aliphatic hydroxyl groups is 1. The summed E-state index contributed by atoms with van der Waals surface area (Å²) in [6.07, 6.45) is 3.59. The summed E-state index contributed by atoms with van der Waals surface area (Å²) in [5.74, 6) is 0.572. The van der Waals surface area contributed by atoms with Gasteiger partial charge in [0.25, 0.3) is 0 Å². The summed E-state index contributed by atoms with van der Waals surface area (Å²) in [6, 6.07) is 6.60. The number of anilines is 1. The Hall–Kier alpha value is -3.60. The number of nitrogens with one attached hydrogen (secondary N) is 2. The number of carbonyl (C=O) groups excluding carboxylic acids is 3. The molecule has 0 saturated carbocycles. The number of amides is 3. The molecule has 3 N–H and O–H groups in total. The first-order chi connectivity index (χ1) is 17.9. The number of aliphatic imine (C=N–C) groups is 1. The molecule has 0 spiro atoms. The van der Waals surface area contributed by atoms with Gasteiger partial charge in [0, 0.05) is 43.7 Å². The van der Waals surface area contributed by atoms with Crippen LogP contribution in [0.1, 0.15) is 44.3 Å². The minimum atomic E-state index is -0.756. The lowest BCUT2D eigenvalue weighted by Gasteiger charge is -2.25. The molecule has 0 radical (unpaired) electrons. The zero-order valence-corrected chi connectivity index (χ0v) is 21.2. The molecule has 2 fully saturated rings. The molecule has 4 rings (SSSR count). The second-order valence-electron chi connectivity index (χ2n) is 9.41. The number of rotatable bonds is 7. The van der Waals surface area contributed by atoms with Crippen molar-refractivity contribution in [2.24, 2.45) is 4.99 Å². The van der Waals surface area contributed by atoms with Crippen LogP contribution < -0.4 is 10.6 Å². The number of alkyl carbamates (subject to hydrolysis) is 1. The SMILES string of the molecule is Cc1cc2cc(NC(=NC3CCCCN(CC(=O)N4CCCC4)C3=O)NC(=O)OCCCO)ccc2o1. The number of hydrogen-bond acceptors (Lipinski definition) is 7. The Labute approximate surface area is 215 Å². The molecule has 3 amide bonds. The van der Waals surface area contributed by atoms with E-state index in [2.05, 4.69) is 15.6 Å². The van der Waals surface area contributed by atoms with Gasteiger partial charge in [-0.05, 0) is 63.3 Å². The maximum Gasteiger partial charge on any atom is 0.413 e. The van der Waals surface area contributed by atoms with Gasteiger partial charge in [-0.3, -0.25) is 14.9 Å². The van der Waals surface area contributed by atoms with Crippen LogP contribution in [0.15, 0.2) is 33.7 Å². The first-order valence-electron chi connectivity index (χ1n) is 12.9. The van der Waals surface area contributed by atoms with Gasteiger partial charge in [0.15, 0.2) is 0 Å². The smallest absolute Gasteiger partial charge is 0.413 e. The van der Waals surface area contributed by atoms with Crippen LogP contribution in [0.25, 0.3) is 11.0 Å². The van der Waals surface area contributed by atoms with Gasteiger partial charge >= 0.3 is 6.09 Å². The zero-order valence-electron chi connectivity index (χ0n) is 21.2. The Morgan fingerprint density at radius 1 is 1.16 bits per heavy atom. The normalized spacial score (nSPS) is 18.7. The molecule has 37 heavy (non-hydrogen) atoms. The molecule has 200 valence electrons. The predicted octanol–water partition coefficient (Wildman–Crippen LogP) is 2.62. The highest BCUT2D eigenvalue weighted by Gasteiger charge is 2.30. The molecule has 11 heteroatoms. The van der Waals surface area contributed by atoms with Gasteiger partial charge in [0.1, 0.15) is 17.4 Å². The Bertz CT molecular complexity index is 1140. The number of aliphatic hydroxyl groups excluding tert-OH is 1. The summed E-state index contributed by atoms with van der Waals surface area (Å²) in [4.78, 5) is 46.5. The molecule has 1 atom stereocenters. The van der Waals surface area contributed by atoms with E-state index in [-0.39, 0.29) is 37.5 Å². The number of likely N-dealkylation sites (tertiary alicyclic amines) is 2. The second kappa shape index (κ2) is 12.6. The van der Waals surface area contributed by atoms with Crippen molar-refractivity contribution in [3.05, 3.63) is 30.0 Å². The summed E-state index contributed by atoms with van der Waals surface area (Å²) in [5, 5.41) is 15.5. The number of carbonyl (C=O) groups is 3. The molecule has 0 aliphatic carbocycles. The lowest BCUT2D eigenvalue weighted by atomic mass is 10.1. The third-order valence-corrected chi connectivity index (χ3v) is 6.48. The molecule has 2 aliphatic heterocycles. The van der Waals surface area contributed by atoms with E-state index in [0.717, 1.165) is 55.5 Å². The fraction of sp³-hybridized carbons (Fsp3) is 0.538. The second-order valence-corrected chi connectivity index (χ2v) is 9.41. The van der Waals surface area contributed by atoms with E-state index in [0.29, 0.717) is 25.1 Å². The minimum Gasteiger partial charge on any atom is -0.461 e. The van der Waals surface area contributed by atoms with Crippen molar-refractivity contribution in [2.45, 2.75) is 51.5 Å². The van der Waals surface area contributed by atoms with E-state index in [1.165, 1.54) is 0 Å². The minimum absolute atomic E-state index is 0.0388. The van der Waals surface area contributed by atoms with E-state index in [4.69, 9.17) is 14.3 Å². The lowest BCUT2D eigenvalue weighted by Crippen LogP contribution is -2.45. The highest BCUT2D eigenvalue weighted by Crippen LogP contribution is 2.23. The van der Waals surface area contributed by atoms with Crippen LogP contribution in [-0.2, 0) is 14.3 Å². The van der Waals surface area contributed by atoms with E-state index in [1.807, 2.05) is 25.1 Å². The molecule has 2 aliphatic rings. The number of fused-ring (bicyclic) bond motifs is 1. The van der Waals surface area contributed by atoms with Crippen LogP contribution >= 0.6 is 0 Å². The zero-order chi connectivity index (χ0) is 26.2. The average molecular weight is 514 g/mol. The quantitative estimate of drug-likeness (QED) is 0.294. The third-order valence-electron chi connectivity index (χ3n) is 6.48. The highest BCUT2D eigenvalue weighted by atomic mass is 16.5. The van der Waals surface area contributed by atoms with Crippen LogP contribution in [0.3, 0.4) is 0 Å². The van der Waals surface area contributed by atoms with Gasteiger partial charge in [0.05, 0.1) is 13.2 Å². The number of nitrogens with zero attached hydrogens (tertiary/aromatic N) is 3. The molecule has 3 heterocycles. The molecular formula is C26H35N5O6. The van der Waals surface area contributed by atoms with E-state index in [1.54, 1.807) is 15.9 Å². The standard InChI is InChI=1S/C26H35N5O6/c1-18-15-19-16-20(8-9-22(19)37-18)27-25(29-26(35)36-14-6-13-32)28-21-7-2-3-12-31(24(21)34)17-23(33)30-10-4-5-11-30/h8-9,15-16,21,32H,2-7,10-14,17H2,1H3,(H2,27,28,29,35). The highest BCUT2D eigenvalue weighted by molar-refractivity contribution is 6.04. The number of benzene rings is 1. The third kappa shape index (κ3) is 7.22. The summed E-state index contributed by atoms with van der Waals surface area (Å²) < 4.78 is 10.7. The van der Waals surface area contributed by atoms with Crippen molar-refractivity contribution in [2.75, 3.05) is 44.7 Å². The largest absolute Gasteiger partial charge is 0.461 e. The Morgan fingerprint density at radius 2 is 1.95 bits per heavy atom. The van der Waals surface area contributed by atoms with Gasteiger partial charge in [-0.1, -0.05) is 0 Å². The topological polar surface area (TPSA) is 137 Å². The molecule has 1 aromatic heterocycles. The van der Waals surface area contributed by atoms with Gasteiger partial charge in [-0.25, -0.2) is 9.79 Å². The number of furan rings is 1. The van der Waals surface area contributed by atoms with Gasteiger partial charge in [0.2, 0.25) is 17.8 Å². The number of ether oxygens (including phenoxy) is 1. The Morgan fingerprint density at radius 3 is 2.73 bits per heavy atom. The molecule has 2 saturated heterocycles. The lowest BCUT2D eigenvalue weighted by molar-refractivity contribution is -0.140. The van der Waals surface area contributed by atoms with Crippen LogP contribution in [0.5, 0.6) is 0 Å². The maximum absolute atomic E-state index is 13.4. The van der Waals surface area contributed by atoms with Crippen molar-refractivity contribution < 1.29 is 28.6 Å². The summed E-state index contributed by atoms with van der Waals surface area (Å²) in [5.41, 5.74) is 1.38. The Kier molecular flexibility index (Phi) is 8.99. The fourth-order valence-corrected chi connectivity index (χ4v) is 4.60. The molecule has 11 nitrogen and oxygen atoms in total. The van der Waals surface area contributed by atoms with E-state index < -0.39 is 12.1 Å². The van der Waals surface area contributed by atoms with Gasteiger partial charge in [-0.15, -0.1) is 0 Å².